The number of fused-ring (bicyclic) bond motifs is 1. The van der Waals surface area contributed by atoms with E-state index in [4.69, 9.17) is 5.73 Å². The number of rotatable bonds is 1. The third-order valence-electron chi connectivity index (χ3n) is 2.72. The molecule has 0 saturated heterocycles. The van der Waals surface area contributed by atoms with Gasteiger partial charge in [0.2, 0.25) is 5.95 Å². The minimum Gasteiger partial charge on any atom is -0.506 e. The third kappa shape index (κ3) is 1.62. The van der Waals surface area contributed by atoms with Crippen LogP contribution in [0.15, 0.2) is 35.1 Å². The fourth-order valence-corrected chi connectivity index (χ4v) is 2.24. The summed E-state index contributed by atoms with van der Waals surface area (Å²) in [5.41, 5.74) is 7.87. The molecule has 0 amide bonds. The molecule has 90 valence electrons. The van der Waals surface area contributed by atoms with Crippen molar-refractivity contribution in [3.8, 4) is 17.0 Å². The number of phenolic OH excluding ortho intramolecular Hbond substituents is 1. The first-order valence-corrected chi connectivity index (χ1v) is 6.03. The predicted octanol–water partition coefficient (Wildman–Crippen LogP) is 2.68. The van der Waals surface area contributed by atoms with Crippen LogP contribution in [0.3, 0.4) is 0 Å². The van der Waals surface area contributed by atoms with Crippen molar-refractivity contribution in [2.45, 2.75) is 0 Å². The summed E-state index contributed by atoms with van der Waals surface area (Å²) in [7, 11) is 0. The van der Waals surface area contributed by atoms with Gasteiger partial charge in [0.05, 0.1) is 15.6 Å². The molecule has 0 aliphatic rings. The van der Waals surface area contributed by atoms with Crippen molar-refractivity contribution >= 4 is 32.8 Å². The number of aromatic nitrogens is 3. The van der Waals surface area contributed by atoms with Crippen molar-refractivity contribution in [1.82, 2.24) is 15.0 Å². The molecule has 0 atom stereocenters. The number of phenols is 1. The monoisotopic (exact) mass is 304 g/mol. The van der Waals surface area contributed by atoms with E-state index in [9.17, 15) is 5.11 Å². The molecule has 3 aromatic rings. The maximum Gasteiger partial charge on any atom is 0.220 e. The van der Waals surface area contributed by atoms with Crippen LogP contribution in [0.25, 0.3) is 22.2 Å². The summed E-state index contributed by atoms with van der Waals surface area (Å²) in [4.78, 5) is 11.1. The van der Waals surface area contributed by atoms with Crippen LogP contribution in [0, 0.1) is 0 Å². The summed E-state index contributed by atoms with van der Waals surface area (Å²) in [6.07, 6.45) is 3.38. The fourth-order valence-electron chi connectivity index (χ4n) is 1.91. The molecular formula is C12H9BrN4O. The number of benzene rings is 1. The van der Waals surface area contributed by atoms with Gasteiger partial charge in [-0.15, -0.1) is 0 Å². The lowest BCUT2D eigenvalue weighted by Gasteiger charge is -2.03. The normalized spacial score (nSPS) is 10.9. The molecule has 4 N–H and O–H groups in total. The second-order valence-electron chi connectivity index (χ2n) is 3.82. The zero-order valence-corrected chi connectivity index (χ0v) is 10.8. The molecule has 0 spiro atoms. The van der Waals surface area contributed by atoms with Gasteiger partial charge >= 0.3 is 0 Å². The Balaban J connectivity index is 2.33. The van der Waals surface area contributed by atoms with Crippen LogP contribution in [0.5, 0.6) is 5.75 Å². The SMILES string of the molecule is Nc1nccc(-c2c[nH]c3ccc(Br)c(O)c23)n1. The van der Waals surface area contributed by atoms with Crippen LogP contribution < -0.4 is 5.73 Å². The lowest BCUT2D eigenvalue weighted by Crippen LogP contribution is -1.94. The number of H-pyrrole nitrogens is 1. The Bertz CT molecular complexity index is 738. The van der Waals surface area contributed by atoms with E-state index in [1.165, 1.54) is 0 Å². The number of hydrogen-bond acceptors (Lipinski definition) is 4. The van der Waals surface area contributed by atoms with Gasteiger partial charge in [-0.2, -0.15) is 0 Å². The molecule has 2 aromatic heterocycles. The Morgan fingerprint density at radius 3 is 2.89 bits per heavy atom. The van der Waals surface area contributed by atoms with E-state index in [0.717, 1.165) is 11.1 Å². The Morgan fingerprint density at radius 2 is 2.11 bits per heavy atom. The highest BCUT2D eigenvalue weighted by Gasteiger charge is 2.13. The van der Waals surface area contributed by atoms with Crippen LogP contribution in [-0.4, -0.2) is 20.1 Å². The molecule has 6 heteroatoms. The average molecular weight is 305 g/mol. The molecule has 5 nitrogen and oxygen atoms in total. The highest BCUT2D eigenvalue weighted by Crippen LogP contribution is 2.38. The van der Waals surface area contributed by atoms with Crippen LogP contribution in [0.2, 0.25) is 0 Å². The summed E-state index contributed by atoms with van der Waals surface area (Å²) < 4.78 is 0.637. The first-order valence-electron chi connectivity index (χ1n) is 5.24. The lowest BCUT2D eigenvalue weighted by atomic mass is 10.1. The maximum absolute atomic E-state index is 10.1. The van der Waals surface area contributed by atoms with Gasteiger partial charge in [-0.3, -0.25) is 0 Å². The summed E-state index contributed by atoms with van der Waals surface area (Å²) in [6.45, 7) is 0. The Kier molecular flexibility index (Phi) is 2.45. The molecule has 0 unspecified atom stereocenters. The quantitative estimate of drug-likeness (QED) is 0.645. The summed E-state index contributed by atoms with van der Waals surface area (Å²) in [6, 6.07) is 5.42. The number of nitrogens with zero attached hydrogens (tertiary/aromatic N) is 2. The number of anilines is 1. The molecule has 3 rings (SSSR count). The number of nitrogens with one attached hydrogen (secondary N) is 1. The number of nitrogen functional groups attached to an aromatic ring is 1. The smallest absolute Gasteiger partial charge is 0.220 e. The van der Waals surface area contributed by atoms with Crippen molar-refractivity contribution in [3.63, 3.8) is 0 Å². The molecule has 0 aliphatic carbocycles. The summed E-state index contributed by atoms with van der Waals surface area (Å²) in [5.74, 6) is 0.386. The number of aromatic amines is 1. The minimum absolute atomic E-state index is 0.181. The molecule has 0 aliphatic heterocycles. The number of halogens is 1. The van der Waals surface area contributed by atoms with Crippen molar-refractivity contribution in [3.05, 3.63) is 35.1 Å². The summed E-state index contributed by atoms with van der Waals surface area (Å²) in [5, 5.41) is 10.8. The molecule has 0 radical (unpaired) electrons. The predicted molar refractivity (Wildman–Crippen MR) is 73.1 cm³/mol. The fraction of sp³-hybridized carbons (Fsp3) is 0. The molecule has 0 saturated carbocycles. The Morgan fingerprint density at radius 1 is 1.28 bits per heavy atom. The van der Waals surface area contributed by atoms with Crippen LogP contribution in [-0.2, 0) is 0 Å². The van der Waals surface area contributed by atoms with E-state index < -0.39 is 0 Å². The Hall–Kier alpha value is -2.08. The number of aromatic hydroxyl groups is 1. The van der Waals surface area contributed by atoms with Crippen LogP contribution in [0.4, 0.5) is 5.95 Å². The zero-order valence-electron chi connectivity index (χ0n) is 9.18. The van der Waals surface area contributed by atoms with E-state index in [1.807, 2.05) is 6.07 Å². The zero-order chi connectivity index (χ0) is 12.7. The van der Waals surface area contributed by atoms with Gasteiger partial charge in [-0.25, -0.2) is 9.97 Å². The van der Waals surface area contributed by atoms with Crippen molar-refractivity contribution in [1.29, 1.82) is 0 Å². The van der Waals surface area contributed by atoms with E-state index in [-0.39, 0.29) is 11.7 Å². The topological polar surface area (TPSA) is 87.8 Å². The highest BCUT2D eigenvalue weighted by molar-refractivity contribution is 9.10. The largest absolute Gasteiger partial charge is 0.506 e. The standard InChI is InChI=1S/C12H9BrN4O/c13-7-1-2-9-10(11(7)18)6(5-16-9)8-3-4-15-12(14)17-8/h1-5,16,18H,(H2,14,15,17). The van der Waals surface area contributed by atoms with Crippen molar-refractivity contribution in [2.75, 3.05) is 5.73 Å². The molecule has 2 heterocycles. The Labute approximate surface area is 111 Å². The first kappa shape index (κ1) is 11.0. The molecule has 1 aromatic carbocycles. The van der Waals surface area contributed by atoms with Crippen LogP contribution >= 0.6 is 15.9 Å². The van der Waals surface area contributed by atoms with Crippen LogP contribution in [0.1, 0.15) is 0 Å². The highest BCUT2D eigenvalue weighted by atomic mass is 79.9. The van der Waals surface area contributed by atoms with E-state index in [1.54, 1.807) is 24.5 Å². The number of nitrogens with two attached hydrogens (primary N) is 1. The van der Waals surface area contributed by atoms with Gasteiger partial charge in [0.15, 0.2) is 0 Å². The number of hydrogen-bond donors (Lipinski definition) is 3. The molecule has 0 bridgehead atoms. The third-order valence-corrected chi connectivity index (χ3v) is 3.36. The maximum atomic E-state index is 10.1. The second-order valence-corrected chi connectivity index (χ2v) is 4.68. The van der Waals surface area contributed by atoms with Gasteiger partial charge in [0.1, 0.15) is 5.75 Å². The van der Waals surface area contributed by atoms with Gasteiger partial charge in [-0.1, -0.05) is 0 Å². The minimum atomic E-state index is 0.181. The lowest BCUT2D eigenvalue weighted by molar-refractivity contribution is 0.478. The first-order chi connectivity index (χ1) is 8.66. The molecule has 0 fully saturated rings. The van der Waals surface area contributed by atoms with E-state index in [0.29, 0.717) is 15.6 Å². The average Bonchev–Trinajstić information content (AvgIpc) is 2.78. The summed E-state index contributed by atoms with van der Waals surface area (Å²) >= 11 is 3.30. The van der Waals surface area contributed by atoms with E-state index in [2.05, 4.69) is 30.9 Å². The van der Waals surface area contributed by atoms with Gasteiger partial charge in [0.25, 0.3) is 0 Å². The molecule has 18 heavy (non-hydrogen) atoms. The van der Waals surface area contributed by atoms with Gasteiger partial charge in [0, 0.05) is 23.5 Å². The van der Waals surface area contributed by atoms with E-state index >= 15 is 0 Å². The second kappa shape index (κ2) is 3.99. The van der Waals surface area contributed by atoms with Gasteiger partial charge in [-0.05, 0) is 34.1 Å². The van der Waals surface area contributed by atoms with Crippen molar-refractivity contribution in [2.24, 2.45) is 0 Å². The molecular weight excluding hydrogens is 296 g/mol. The van der Waals surface area contributed by atoms with Crippen molar-refractivity contribution < 1.29 is 5.11 Å². The van der Waals surface area contributed by atoms with Gasteiger partial charge < -0.3 is 15.8 Å².